The topological polar surface area (TPSA) is 74.6 Å². The molecule has 6 nitrogen and oxygen atoms in total. The number of likely N-dealkylation sites (tertiary alicyclic amines) is 1. The third-order valence-electron chi connectivity index (χ3n) is 4.96. The van der Waals surface area contributed by atoms with Gasteiger partial charge in [-0.05, 0) is 69.3 Å². The molecule has 1 fully saturated rings. The van der Waals surface area contributed by atoms with Crippen molar-refractivity contribution in [2.45, 2.75) is 32.4 Å². The van der Waals surface area contributed by atoms with Gasteiger partial charge in [0.2, 0.25) is 11.8 Å². The number of piperidine rings is 1. The van der Waals surface area contributed by atoms with Gasteiger partial charge in [0.1, 0.15) is 5.76 Å². The number of hydrogen-bond acceptors (Lipinski definition) is 4. The van der Waals surface area contributed by atoms with Crippen LogP contribution < -0.4 is 10.6 Å². The molecule has 1 atom stereocenters. The summed E-state index contributed by atoms with van der Waals surface area (Å²) in [6.45, 7) is 3.73. The number of hydrogen-bond donors (Lipinski definition) is 2. The Morgan fingerprint density at radius 3 is 2.56 bits per heavy atom. The molecule has 2 amide bonds. The summed E-state index contributed by atoms with van der Waals surface area (Å²) in [6, 6.07) is 10.4. The fraction of sp³-hybridized carbons (Fsp3) is 0.400. The molecular weight excluding hydrogens is 366 g/mol. The van der Waals surface area contributed by atoms with Gasteiger partial charge >= 0.3 is 0 Å². The molecule has 27 heavy (non-hydrogen) atoms. The van der Waals surface area contributed by atoms with Crippen molar-refractivity contribution in [2.75, 3.05) is 18.4 Å². The molecule has 1 aromatic heterocycles. The minimum Gasteiger partial charge on any atom is -0.467 e. The number of furan rings is 1. The van der Waals surface area contributed by atoms with Crippen LogP contribution in [-0.2, 0) is 16.1 Å². The van der Waals surface area contributed by atoms with E-state index in [0.29, 0.717) is 24.7 Å². The highest BCUT2D eigenvalue weighted by Crippen LogP contribution is 2.20. The summed E-state index contributed by atoms with van der Waals surface area (Å²) >= 11 is 5.86. The SMILES string of the molecule is CC(C(=O)Nc1ccc(Cl)cc1)N1CCC(C(=O)NCc2ccco2)CC1. The Balaban J connectivity index is 1.44. The number of halogens is 1. The highest BCUT2D eigenvalue weighted by molar-refractivity contribution is 6.30. The molecule has 0 saturated carbocycles. The summed E-state index contributed by atoms with van der Waals surface area (Å²) in [5, 5.41) is 6.46. The Morgan fingerprint density at radius 1 is 1.22 bits per heavy atom. The van der Waals surface area contributed by atoms with E-state index in [0.717, 1.165) is 24.3 Å². The number of rotatable bonds is 6. The van der Waals surface area contributed by atoms with Crippen LogP contribution in [-0.4, -0.2) is 35.8 Å². The molecule has 2 N–H and O–H groups in total. The quantitative estimate of drug-likeness (QED) is 0.795. The third-order valence-corrected chi connectivity index (χ3v) is 5.21. The molecule has 0 spiro atoms. The van der Waals surface area contributed by atoms with Crippen molar-refractivity contribution < 1.29 is 14.0 Å². The summed E-state index contributed by atoms with van der Waals surface area (Å²) in [7, 11) is 0. The van der Waals surface area contributed by atoms with Gasteiger partial charge in [-0.3, -0.25) is 14.5 Å². The molecule has 0 bridgehead atoms. The molecule has 1 aromatic carbocycles. The predicted octanol–water partition coefficient (Wildman–Crippen LogP) is 3.29. The Hall–Kier alpha value is -2.31. The lowest BCUT2D eigenvalue weighted by molar-refractivity contribution is -0.127. The van der Waals surface area contributed by atoms with Crippen LogP contribution in [0.1, 0.15) is 25.5 Å². The molecule has 7 heteroatoms. The molecule has 2 aromatic rings. The number of amides is 2. The smallest absolute Gasteiger partial charge is 0.241 e. The molecule has 1 unspecified atom stereocenters. The van der Waals surface area contributed by atoms with Gasteiger partial charge in [-0.2, -0.15) is 0 Å². The third kappa shape index (κ3) is 5.34. The second kappa shape index (κ2) is 9.06. The second-order valence-corrected chi connectivity index (χ2v) is 7.22. The van der Waals surface area contributed by atoms with Gasteiger partial charge in [-0.25, -0.2) is 0 Å². The molecule has 1 aliphatic rings. The molecule has 0 aliphatic carbocycles. The Kier molecular flexibility index (Phi) is 6.53. The van der Waals surface area contributed by atoms with E-state index >= 15 is 0 Å². The van der Waals surface area contributed by atoms with Crippen molar-refractivity contribution >= 4 is 29.1 Å². The van der Waals surface area contributed by atoms with Crippen LogP contribution in [0.5, 0.6) is 0 Å². The summed E-state index contributed by atoms with van der Waals surface area (Å²) < 4.78 is 5.23. The molecule has 1 saturated heterocycles. The van der Waals surface area contributed by atoms with E-state index in [1.807, 2.05) is 13.0 Å². The van der Waals surface area contributed by atoms with Crippen molar-refractivity contribution in [2.24, 2.45) is 5.92 Å². The first-order valence-corrected chi connectivity index (χ1v) is 9.51. The van der Waals surface area contributed by atoms with Crippen molar-refractivity contribution in [3.63, 3.8) is 0 Å². The van der Waals surface area contributed by atoms with E-state index in [4.69, 9.17) is 16.0 Å². The lowest BCUT2D eigenvalue weighted by atomic mass is 9.95. The van der Waals surface area contributed by atoms with Crippen LogP contribution in [0.3, 0.4) is 0 Å². The van der Waals surface area contributed by atoms with Gasteiger partial charge in [0, 0.05) is 16.6 Å². The summed E-state index contributed by atoms with van der Waals surface area (Å²) in [6.07, 6.45) is 3.07. The maximum absolute atomic E-state index is 12.5. The normalized spacial score (nSPS) is 16.7. The Bertz CT molecular complexity index is 753. The summed E-state index contributed by atoms with van der Waals surface area (Å²) in [5.74, 6) is 0.707. The number of carbonyl (C=O) groups excluding carboxylic acids is 2. The van der Waals surface area contributed by atoms with E-state index in [-0.39, 0.29) is 23.8 Å². The fourth-order valence-electron chi connectivity index (χ4n) is 3.23. The largest absolute Gasteiger partial charge is 0.467 e. The first-order chi connectivity index (χ1) is 13.0. The van der Waals surface area contributed by atoms with E-state index in [2.05, 4.69) is 15.5 Å². The lowest BCUT2D eigenvalue weighted by Gasteiger charge is -2.34. The first-order valence-electron chi connectivity index (χ1n) is 9.13. The van der Waals surface area contributed by atoms with E-state index in [9.17, 15) is 9.59 Å². The van der Waals surface area contributed by atoms with Gasteiger partial charge in [0.15, 0.2) is 0 Å². The molecule has 1 aliphatic heterocycles. The summed E-state index contributed by atoms with van der Waals surface area (Å²) in [5.41, 5.74) is 0.725. The van der Waals surface area contributed by atoms with E-state index in [1.54, 1.807) is 36.6 Å². The maximum Gasteiger partial charge on any atom is 0.241 e. The van der Waals surface area contributed by atoms with Crippen LogP contribution in [0.4, 0.5) is 5.69 Å². The molecule has 0 radical (unpaired) electrons. The predicted molar refractivity (Wildman–Crippen MR) is 104 cm³/mol. The van der Waals surface area contributed by atoms with Crippen LogP contribution in [0, 0.1) is 5.92 Å². The van der Waals surface area contributed by atoms with E-state index in [1.165, 1.54) is 0 Å². The van der Waals surface area contributed by atoms with Crippen molar-refractivity contribution in [3.8, 4) is 0 Å². The Labute approximate surface area is 163 Å². The van der Waals surface area contributed by atoms with Crippen molar-refractivity contribution in [1.82, 2.24) is 10.2 Å². The zero-order valence-electron chi connectivity index (χ0n) is 15.3. The van der Waals surface area contributed by atoms with Gasteiger partial charge in [0.25, 0.3) is 0 Å². The van der Waals surface area contributed by atoms with Crippen LogP contribution >= 0.6 is 11.6 Å². The number of anilines is 1. The van der Waals surface area contributed by atoms with E-state index < -0.39 is 0 Å². The Morgan fingerprint density at radius 2 is 1.93 bits per heavy atom. The standard InChI is InChI=1S/C20H24ClN3O3/c1-14(19(25)23-17-6-4-16(21)5-7-17)24-10-8-15(9-11-24)20(26)22-13-18-3-2-12-27-18/h2-7,12,14-15H,8-11,13H2,1H3,(H,22,26)(H,23,25). The first kappa shape index (κ1) is 19.5. The minimum atomic E-state index is -0.257. The monoisotopic (exact) mass is 389 g/mol. The second-order valence-electron chi connectivity index (χ2n) is 6.78. The fourth-order valence-corrected chi connectivity index (χ4v) is 3.35. The van der Waals surface area contributed by atoms with Gasteiger partial charge in [0.05, 0.1) is 18.8 Å². The molecule has 144 valence electrons. The summed E-state index contributed by atoms with van der Waals surface area (Å²) in [4.78, 5) is 26.9. The number of nitrogens with one attached hydrogen (secondary N) is 2. The zero-order chi connectivity index (χ0) is 19.2. The molecular formula is C20H24ClN3O3. The average Bonchev–Trinajstić information content (AvgIpc) is 3.21. The van der Waals surface area contributed by atoms with Gasteiger partial charge < -0.3 is 15.1 Å². The number of nitrogens with zero attached hydrogens (tertiary/aromatic N) is 1. The van der Waals surface area contributed by atoms with Crippen molar-refractivity contribution in [3.05, 3.63) is 53.4 Å². The zero-order valence-corrected chi connectivity index (χ0v) is 16.0. The molecule has 2 heterocycles. The lowest BCUT2D eigenvalue weighted by Crippen LogP contribution is -2.48. The maximum atomic E-state index is 12.5. The average molecular weight is 390 g/mol. The number of carbonyl (C=O) groups is 2. The minimum absolute atomic E-state index is 0.0252. The number of benzene rings is 1. The highest BCUT2D eigenvalue weighted by Gasteiger charge is 2.29. The van der Waals surface area contributed by atoms with Crippen molar-refractivity contribution in [1.29, 1.82) is 0 Å². The van der Waals surface area contributed by atoms with Crippen LogP contribution in [0.25, 0.3) is 0 Å². The highest BCUT2D eigenvalue weighted by atomic mass is 35.5. The molecule has 3 rings (SSSR count). The van der Waals surface area contributed by atoms with Crippen LogP contribution in [0.2, 0.25) is 5.02 Å². The van der Waals surface area contributed by atoms with Gasteiger partial charge in [-0.15, -0.1) is 0 Å². The van der Waals surface area contributed by atoms with Gasteiger partial charge in [-0.1, -0.05) is 11.6 Å². The van der Waals surface area contributed by atoms with Crippen LogP contribution in [0.15, 0.2) is 47.1 Å².